The molecule has 206 valence electrons. The van der Waals surface area contributed by atoms with E-state index in [1.165, 1.54) is 6.07 Å². The first-order valence-corrected chi connectivity index (χ1v) is 12.7. The minimum absolute atomic E-state index is 0.191. The number of carbonyl (C=O) groups is 3. The molecule has 3 aliphatic rings. The zero-order chi connectivity index (χ0) is 28.2. The maximum atomic E-state index is 14.4. The van der Waals surface area contributed by atoms with Crippen LogP contribution in [0.15, 0.2) is 72.8 Å². The van der Waals surface area contributed by atoms with E-state index in [1.807, 2.05) is 28.0 Å². The fraction of sp³-hybridized carbons (Fsp3) is 0.276. The lowest BCUT2D eigenvalue weighted by molar-refractivity contribution is -0.144. The third-order valence-corrected chi connectivity index (χ3v) is 7.99. The number of ether oxygens (including phenoxy) is 1. The Bertz CT molecular complexity index is 1510. The number of fused-ring (bicyclic) bond motifs is 4. The molecular weight excluding hydrogens is 525 g/mol. The lowest BCUT2D eigenvalue weighted by Crippen LogP contribution is -2.75. The highest BCUT2D eigenvalue weighted by molar-refractivity contribution is 6.30. The van der Waals surface area contributed by atoms with Gasteiger partial charge < -0.3 is 14.5 Å². The van der Waals surface area contributed by atoms with Gasteiger partial charge in [-0.25, -0.2) is 9.69 Å². The number of benzene rings is 3. The van der Waals surface area contributed by atoms with Crippen molar-refractivity contribution in [2.45, 2.75) is 18.6 Å². The van der Waals surface area contributed by atoms with Crippen molar-refractivity contribution < 1.29 is 32.3 Å². The molecule has 11 heteroatoms. The number of anilines is 3. The van der Waals surface area contributed by atoms with Crippen LogP contribution in [0.4, 0.5) is 35.0 Å². The number of methoxy groups -OCH3 is 1. The Morgan fingerprint density at radius 3 is 2.38 bits per heavy atom. The number of rotatable bonds is 3. The van der Waals surface area contributed by atoms with Gasteiger partial charge in [-0.15, -0.1) is 0 Å². The minimum Gasteiger partial charge on any atom is -0.495 e. The van der Waals surface area contributed by atoms with Gasteiger partial charge in [0.25, 0.3) is 5.91 Å². The predicted octanol–water partition coefficient (Wildman–Crippen LogP) is 4.23. The molecule has 6 rings (SSSR count). The Labute approximate surface area is 227 Å². The van der Waals surface area contributed by atoms with E-state index >= 15 is 0 Å². The molecule has 0 bridgehead atoms. The summed E-state index contributed by atoms with van der Waals surface area (Å²) in [4.78, 5) is 45.9. The first-order valence-electron chi connectivity index (χ1n) is 12.7. The summed E-state index contributed by atoms with van der Waals surface area (Å²) in [6, 6.07) is 17.3. The van der Waals surface area contributed by atoms with E-state index in [0.29, 0.717) is 24.5 Å². The highest BCUT2D eigenvalue weighted by Gasteiger charge is 2.63. The molecular formula is C29H25F3N4O4. The predicted molar refractivity (Wildman–Crippen MR) is 141 cm³/mol. The molecule has 2 fully saturated rings. The van der Waals surface area contributed by atoms with Crippen LogP contribution in [0.2, 0.25) is 0 Å². The van der Waals surface area contributed by atoms with E-state index in [0.717, 1.165) is 22.7 Å². The van der Waals surface area contributed by atoms with Crippen LogP contribution < -0.4 is 24.8 Å². The molecule has 1 N–H and O–H groups in total. The fourth-order valence-corrected chi connectivity index (χ4v) is 6.12. The Kier molecular flexibility index (Phi) is 5.97. The van der Waals surface area contributed by atoms with Crippen molar-refractivity contribution in [2.24, 2.45) is 5.41 Å². The Balaban J connectivity index is 1.51. The molecule has 0 saturated carbocycles. The first-order chi connectivity index (χ1) is 19.1. The third-order valence-electron chi connectivity index (χ3n) is 7.99. The van der Waals surface area contributed by atoms with Crippen molar-refractivity contribution in [3.05, 3.63) is 83.9 Å². The fourth-order valence-electron chi connectivity index (χ4n) is 6.12. The molecule has 8 nitrogen and oxygen atoms in total. The molecule has 0 radical (unpaired) electrons. The number of piperazine rings is 1. The van der Waals surface area contributed by atoms with Gasteiger partial charge in [0.15, 0.2) is 5.41 Å². The van der Waals surface area contributed by atoms with Gasteiger partial charge in [0.2, 0.25) is 5.91 Å². The number of imide groups is 2. The maximum absolute atomic E-state index is 14.4. The minimum atomic E-state index is -4.60. The van der Waals surface area contributed by atoms with E-state index < -0.39 is 41.0 Å². The molecule has 0 aliphatic carbocycles. The lowest BCUT2D eigenvalue weighted by atomic mass is 9.67. The molecule has 2 atom stereocenters. The third kappa shape index (κ3) is 3.87. The quantitative estimate of drug-likeness (QED) is 0.492. The number of para-hydroxylation sites is 3. The van der Waals surface area contributed by atoms with Gasteiger partial charge in [-0.1, -0.05) is 30.3 Å². The zero-order valence-electron chi connectivity index (χ0n) is 21.4. The average Bonchev–Trinajstić information content (AvgIpc) is 2.95. The SMILES string of the molecule is COc1ccccc1N1CCN2c3ccc(C(F)(F)F)cc3C[C@]3(C(=O)NC(=O)N(c4ccccc4)C3=O)[C@@H]2C1. The van der Waals surface area contributed by atoms with Gasteiger partial charge in [-0.2, -0.15) is 13.2 Å². The van der Waals surface area contributed by atoms with E-state index in [-0.39, 0.29) is 24.2 Å². The smallest absolute Gasteiger partial charge is 0.416 e. The molecule has 40 heavy (non-hydrogen) atoms. The van der Waals surface area contributed by atoms with Crippen LogP contribution in [0, 0.1) is 5.41 Å². The summed E-state index contributed by atoms with van der Waals surface area (Å²) in [5.74, 6) is -0.987. The Morgan fingerprint density at radius 2 is 1.65 bits per heavy atom. The number of halogens is 3. The van der Waals surface area contributed by atoms with Gasteiger partial charge in [0.05, 0.1) is 30.1 Å². The molecule has 4 amide bonds. The second-order valence-electron chi connectivity index (χ2n) is 10.1. The topological polar surface area (TPSA) is 82.2 Å². The number of nitrogens with zero attached hydrogens (tertiary/aromatic N) is 3. The van der Waals surface area contributed by atoms with Crippen LogP contribution in [0.25, 0.3) is 0 Å². The molecule has 3 aromatic rings. The van der Waals surface area contributed by atoms with E-state index in [9.17, 15) is 27.6 Å². The summed E-state index contributed by atoms with van der Waals surface area (Å²) >= 11 is 0. The molecule has 2 saturated heterocycles. The molecule has 3 aromatic carbocycles. The van der Waals surface area contributed by atoms with Crippen molar-refractivity contribution in [3.63, 3.8) is 0 Å². The van der Waals surface area contributed by atoms with Crippen LogP contribution in [-0.4, -0.2) is 50.6 Å². The zero-order valence-corrected chi connectivity index (χ0v) is 21.4. The van der Waals surface area contributed by atoms with Gasteiger partial charge in [-0.05, 0) is 54.4 Å². The van der Waals surface area contributed by atoms with Gasteiger partial charge in [-0.3, -0.25) is 14.9 Å². The molecule has 1 spiro atoms. The number of hydrogen-bond acceptors (Lipinski definition) is 6. The van der Waals surface area contributed by atoms with E-state index in [4.69, 9.17) is 4.74 Å². The van der Waals surface area contributed by atoms with Crippen molar-refractivity contribution in [3.8, 4) is 5.75 Å². The highest BCUT2D eigenvalue weighted by Crippen LogP contribution is 2.48. The van der Waals surface area contributed by atoms with Crippen LogP contribution in [0.3, 0.4) is 0 Å². The second kappa shape index (κ2) is 9.29. The summed E-state index contributed by atoms with van der Waals surface area (Å²) in [7, 11) is 1.55. The summed E-state index contributed by atoms with van der Waals surface area (Å²) in [5, 5.41) is 2.34. The summed E-state index contributed by atoms with van der Waals surface area (Å²) in [6.07, 6.45) is -4.90. The van der Waals surface area contributed by atoms with Gasteiger partial charge in [0, 0.05) is 25.3 Å². The number of urea groups is 1. The Hall–Kier alpha value is -4.54. The van der Waals surface area contributed by atoms with Crippen LogP contribution in [0.1, 0.15) is 11.1 Å². The van der Waals surface area contributed by atoms with Crippen molar-refractivity contribution in [1.29, 1.82) is 0 Å². The number of carbonyl (C=O) groups excluding carboxylic acids is 3. The van der Waals surface area contributed by atoms with Crippen LogP contribution in [0.5, 0.6) is 5.75 Å². The van der Waals surface area contributed by atoms with Crippen LogP contribution in [-0.2, 0) is 22.2 Å². The number of nitrogens with one attached hydrogen (secondary N) is 1. The number of barbiturate groups is 1. The number of alkyl halides is 3. The standard InChI is InChI=1S/C29H25F3N4O4/c1-40-23-10-6-5-9-22(23)34-13-14-35-21-12-11-19(29(30,31)32)15-18(21)16-28(24(35)17-34)25(37)33-27(39)36(26(28)38)20-7-3-2-4-8-20/h2-12,15,24H,13-14,16-17H2,1H3,(H,33,37,39)/t24-,28+/m0/s1. The van der Waals surface area contributed by atoms with Crippen LogP contribution >= 0.6 is 0 Å². The molecule has 0 aromatic heterocycles. The lowest BCUT2D eigenvalue weighted by Gasteiger charge is -2.55. The average molecular weight is 551 g/mol. The summed E-state index contributed by atoms with van der Waals surface area (Å²) in [6.45, 7) is 0.976. The van der Waals surface area contributed by atoms with Crippen molar-refractivity contribution >= 4 is 34.9 Å². The van der Waals surface area contributed by atoms with Gasteiger partial charge >= 0.3 is 12.2 Å². The van der Waals surface area contributed by atoms with Gasteiger partial charge in [0.1, 0.15) is 5.75 Å². The van der Waals surface area contributed by atoms with E-state index in [2.05, 4.69) is 5.32 Å². The maximum Gasteiger partial charge on any atom is 0.416 e. The Morgan fingerprint density at radius 1 is 0.925 bits per heavy atom. The highest BCUT2D eigenvalue weighted by atomic mass is 19.4. The first kappa shape index (κ1) is 25.7. The molecule has 3 heterocycles. The largest absolute Gasteiger partial charge is 0.495 e. The normalized spacial score (nSPS) is 22.6. The van der Waals surface area contributed by atoms with E-state index in [1.54, 1.807) is 43.5 Å². The summed E-state index contributed by atoms with van der Waals surface area (Å²) < 4.78 is 46.6. The summed E-state index contributed by atoms with van der Waals surface area (Å²) in [5.41, 5.74) is -0.961. The number of hydrogen-bond donors (Lipinski definition) is 1. The molecule has 0 unspecified atom stereocenters. The molecule has 3 aliphatic heterocycles. The second-order valence-corrected chi connectivity index (χ2v) is 10.1. The van der Waals surface area contributed by atoms with Crippen molar-refractivity contribution in [1.82, 2.24) is 5.32 Å². The van der Waals surface area contributed by atoms with Crippen molar-refractivity contribution in [2.75, 3.05) is 41.4 Å². The monoisotopic (exact) mass is 550 g/mol. The number of amides is 4.